The molecule has 170 valence electrons. The lowest BCUT2D eigenvalue weighted by Gasteiger charge is -2.35. The fourth-order valence-corrected chi connectivity index (χ4v) is 3.74. The van der Waals surface area contributed by atoms with Crippen LogP contribution < -0.4 is 18.9 Å². The lowest BCUT2D eigenvalue weighted by atomic mass is 10.1. The summed E-state index contributed by atoms with van der Waals surface area (Å²) in [6.45, 7) is 5.05. The van der Waals surface area contributed by atoms with Gasteiger partial charge in [0.1, 0.15) is 24.2 Å². The number of aliphatic hydroxyl groups is 1. The van der Waals surface area contributed by atoms with E-state index in [2.05, 4.69) is 9.80 Å². The van der Waals surface area contributed by atoms with Crippen LogP contribution in [0.4, 0.5) is 0 Å². The van der Waals surface area contributed by atoms with Crippen molar-refractivity contribution in [1.29, 1.82) is 0 Å². The molecule has 31 heavy (non-hydrogen) atoms. The Morgan fingerprint density at radius 1 is 0.839 bits per heavy atom. The van der Waals surface area contributed by atoms with Gasteiger partial charge in [-0.05, 0) is 30.3 Å². The minimum atomic E-state index is -0.578. The van der Waals surface area contributed by atoms with Crippen molar-refractivity contribution in [2.45, 2.75) is 12.6 Å². The molecule has 1 heterocycles. The average Bonchev–Trinajstić information content (AvgIpc) is 2.79. The number of ether oxygens (including phenoxy) is 4. The van der Waals surface area contributed by atoms with Crippen molar-refractivity contribution in [3.63, 3.8) is 0 Å². The quantitative estimate of drug-likeness (QED) is 0.590. The number of phenolic OH excluding ortho intramolecular Hbond substituents is 1. The summed E-state index contributed by atoms with van der Waals surface area (Å²) in [6.07, 6.45) is -0.578. The van der Waals surface area contributed by atoms with Gasteiger partial charge in [-0.2, -0.15) is 0 Å². The summed E-state index contributed by atoms with van der Waals surface area (Å²) in [5, 5.41) is 19.6. The van der Waals surface area contributed by atoms with Crippen LogP contribution in [0.5, 0.6) is 28.7 Å². The Morgan fingerprint density at radius 3 is 2.10 bits per heavy atom. The van der Waals surface area contributed by atoms with Gasteiger partial charge in [0.15, 0.2) is 11.5 Å². The molecule has 0 spiro atoms. The first-order valence-electron chi connectivity index (χ1n) is 10.4. The standard InChI is InChI=1S/C23H32N2O6/c1-28-21-9-4-17(22(29-2)23(21)30-3)14-24-10-12-25(13-11-24)15-19(27)16-31-20-7-5-18(26)6-8-20/h4-9,19,26-27H,10-16H2,1-3H3. The Kier molecular flexibility index (Phi) is 8.22. The van der Waals surface area contributed by atoms with E-state index < -0.39 is 6.10 Å². The van der Waals surface area contributed by atoms with Crippen molar-refractivity contribution < 1.29 is 29.2 Å². The molecule has 1 atom stereocenters. The van der Waals surface area contributed by atoms with Crippen LogP contribution in [0.25, 0.3) is 0 Å². The Hall–Kier alpha value is -2.68. The summed E-state index contributed by atoms with van der Waals surface area (Å²) in [7, 11) is 4.86. The van der Waals surface area contributed by atoms with Crippen LogP contribution in [-0.2, 0) is 6.54 Å². The molecule has 8 nitrogen and oxygen atoms in total. The molecule has 1 aliphatic rings. The minimum absolute atomic E-state index is 0.191. The molecule has 2 N–H and O–H groups in total. The van der Waals surface area contributed by atoms with E-state index in [9.17, 15) is 10.2 Å². The van der Waals surface area contributed by atoms with Crippen LogP contribution in [0.1, 0.15) is 5.56 Å². The van der Waals surface area contributed by atoms with Crippen molar-refractivity contribution in [2.75, 3.05) is 60.7 Å². The summed E-state index contributed by atoms with van der Waals surface area (Å²) in [5.41, 5.74) is 1.05. The van der Waals surface area contributed by atoms with Gasteiger partial charge >= 0.3 is 0 Å². The predicted octanol–water partition coefficient (Wildman–Crippen LogP) is 1.98. The van der Waals surface area contributed by atoms with Gasteiger partial charge in [0.05, 0.1) is 21.3 Å². The number of benzene rings is 2. The Balaban J connectivity index is 1.47. The van der Waals surface area contributed by atoms with E-state index in [1.165, 1.54) is 0 Å². The maximum absolute atomic E-state index is 10.3. The monoisotopic (exact) mass is 432 g/mol. The summed E-state index contributed by atoms with van der Waals surface area (Å²) < 4.78 is 22.0. The van der Waals surface area contributed by atoms with E-state index in [1.54, 1.807) is 45.6 Å². The lowest BCUT2D eigenvalue weighted by molar-refractivity contribution is 0.0445. The maximum Gasteiger partial charge on any atom is 0.203 e. The fourth-order valence-electron chi connectivity index (χ4n) is 3.74. The maximum atomic E-state index is 10.3. The van der Waals surface area contributed by atoms with E-state index in [-0.39, 0.29) is 12.4 Å². The van der Waals surface area contributed by atoms with Gasteiger partial charge in [-0.15, -0.1) is 0 Å². The molecule has 0 radical (unpaired) electrons. The van der Waals surface area contributed by atoms with Crippen LogP contribution in [0.3, 0.4) is 0 Å². The first-order chi connectivity index (χ1) is 15.0. The largest absolute Gasteiger partial charge is 0.508 e. The van der Waals surface area contributed by atoms with Gasteiger partial charge in [-0.25, -0.2) is 0 Å². The summed E-state index contributed by atoms with van der Waals surface area (Å²) in [5.74, 6) is 2.78. The topological polar surface area (TPSA) is 83.9 Å². The van der Waals surface area contributed by atoms with E-state index >= 15 is 0 Å². The smallest absolute Gasteiger partial charge is 0.203 e. The molecule has 0 aromatic heterocycles. The van der Waals surface area contributed by atoms with Gasteiger partial charge < -0.3 is 29.2 Å². The Morgan fingerprint density at radius 2 is 1.48 bits per heavy atom. The molecular weight excluding hydrogens is 400 g/mol. The molecule has 1 aliphatic heterocycles. The first kappa shape index (κ1) is 23.0. The highest BCUT2D eigenvalue weighted by Crippen LogP contribution is 2.40. The number of aromatic hydroxyl groups is 1. The highest BCUT2D eigenvalue weighted by molar-refractivity contribution is 5.55. The van der Waals surface area contributed by atoms with E-state index in [0.717, 1.165) is 38.3 Å². The number of aliphatic hydroxyl groups excluding tert-OH is 1. The number of piperazine rings is 1. The number of rotatable bonds is 10. The summed E-state index contributed by atoms with van der Waals surface area (Å²) >= 11 is 0. The Bertz CT molecular complexity index is 822. The molecular formula is C23H32N2O6. The number of β-amino-alcohol motifs (C(OH)–C–C–N with tert-alkyl or cyclic N) is 1. The third kappa shape index (κ3) is 6.16. The van der Waals surface area contributed by atoms with E-state index in [0.29, 0.717) is 29.5 Å². The third-order valence-electron chi connectivity index (χ3n) is 5.39. The van der Waals surface area contributed by atoms with Crippen molar-refractivity contribution in [3.8, 4) is 28.7 Å². The summed E-state index contributed by atoms with van der Waals surface area (Å²) in [6, 6.07) is 10.4. The van der Waals surface area contributed by atoms with Gasteiger partial charge in [-0.1, -0.05) is 6.07 Å². The second kappa shape index (κ2) is 11.1. The van der Waals surface area contributed by atoms with E-state index in [1.807, 2.05) is 12.1 Å². The molecule has 1 saturated heterocycles. The molecule has 2 aromatic carbocycles. The van der Waals surface area contributed by atoms with Gasteiger partial charge in [0.25, 0.3) is 0 Å². The van der Waals surface area contributed by atoms with Crippen LogP contribution in [0.2, 0.25) is 0 Å². The van der Waals surface area contributed by atoms with Crippen molar-refractivity contribution in [3.05, 3.63) is 42.0 Å². The molecule has 8 heteroatoms. The highest BCUT2D eigenvalue weighted by Gasteiger charge is 2.22. The first-order valence-corrected chi connectivity index (χ1v) is 10.4. The van der Waals surface area contributed by atoms with Crippen LogP contribution in [0.15, 0.2) is 36.4 Å². The third-order valence-corrected chi connectivity index (χ3v) is 5.39. The second-order valence-corrected chi connectivity index (χ2v) is 7.53. The van der Waals surface area contributed by atoms with Crippen molar-refractivity contribution in [1.82, 2.24) is 9.80 Å². The molecule has 1 fully saturated rings. The predicted molar refractivity (Wildman–Crippen MR) is 117 cm³/mol. The zero-order valence-corrected chi connectivity index (χ0v) is 18.4. The molecule has 0 amide bonds. The SMILES string of the molecule is COc1ccc(CN2CCN(CC(O)COc3ccc(O)cc3)CC2)c(OC)c1OC. The van der Waals surface area contributed by atoms with Gasteiger partial charge in [0.2, 0.25) is 5.75 Å². The molecule has 0 bridgehead atoms. The normalized spacial score (nSPS) is 16.0. The van der Waals surface area contributed by atoms with Gasteiger partial charge in [-0.3, -0.25) is 9.80 Å². The molecule has 0 aliphatic carbocycles. The molecule has 1 unspecified atom stereocenters. The number of hydrogen-bond donors (Lipinski definition) is 2. The van der Waals surface area contributed by atoms with Crippen molar-refractivity contribution >= 4 is 0 Å². The molecule has 2 aromatic rings. The second-order valence-electron chi connectivity index (χ2n) is 7.53. The van der Waals surface area contributed by atoms with Crippen molar-refractivity contribution in [2.24, 2.45) is 0 Å². The van der Waals surface area contributed by atoms with Crippen LogP contribution in [0, 0.1) is 0 Å². The number of phenols is 1. The highest BCUT2D eigenvalue weighted by atomic mass is 16.5. The Labute approximate surface area is 183 Å². The minimum Gasteiger partial charge on any atom is -0.508 e. The van der Waals surface area contributed by atoms with Crippen LogP contribution >= 0.6 is 0 Å². The number of methoxy groups -OCH3 is 3. The van der Waals surface area contributed by atoms with Crippen LogP contribution in [-0.4, -0.2) is 86.8 Å². The fraction of sp³-hybridized carbons (Fsp3) is 0.478. The summed E-state index contributed by atoms with van der Waals surface area (Å²) in [4.78, 5) is 4.60. The zero-order valence-electron chi connectivity index (χ0n) is 18.4. The zero-order chi connectivity index (χ0) is 22.2. The van der Waals surface area contributed by atoms with Gasteiger partial charge in [0, 0.05) is 44.8 Å². The molecule has 3 rings (SSSR count). The lowest BCUT2D eigenvalue weighted by Crippen LogP contribution is -2.48. The number of hydrogen-bond acceptors (Lipinski definition) is 8. The molecule has 0 saturated carbocycles. The van der Waals surface area contributed by atoms with E-state index in [4.69, 9.17) is 18.9 Å². The average molecular weight is 433 g/mol. The number of nitrogens with zero attached hydrogens (tertiary/aromatic N) is 2.